The predicted octanol–water partition coefficient (Wildman–Crippen LogP) is 6.88. The van der Waals surface area contributed by atoms with Crippen molar-refractivity contribution < 1.29 is 23.4 Å². The second-order valence-corrected chi connectivity index (χ2v) is 12.8. The molecule has 0 bridgehead atoms. The van der Waals surface area contributed by atoms with Crippen LogP contribution >= 0.6 is 0 Å². The Morgan fingerprint density at radius 2 is 1.55 bits per heavy atom. The van der Waals surface area contributed by atoms with Crippen molar-refractivity contribution in [2.24, 2.45) is 40.4 Å². The normalized spacial score (nSPS) is 49.6. The van der Waals surface area contributed by atoms with Gasteiger partial charge in [0.1, 0.15) is 0 Å². The molecule has 0 radical (unpaired) electrons. The number of aliphatic hydroxyl groups is 2. The summed E-state index contributed by atoms with van der Waals surface area (Å²) in [7, 11) is 0. The molecule has 0 aromatic carbocycles. The molecule has 0 aromatic heterocycles. The van der Waals surface area contributed by atoms with E-state index in [4.69, 9.17) is 0 Å². The van der Waals surface area contributed by atoms with Crippen molar-refractivity contribution in [3.05, 3.63) is 0 Å². The minimum Gasteiger partial charge on any atom is -0.390 e. The van der Waals surface area contributed by atoms with Gasteiger partial charge in [0, 0.05) is 0 Å². The first-order chi connectivity index (χ1) is 14.2. The zero-order valence-corrected chi connectivity index (χ0v) is 19.9. The van der Waals surface area contributed by atoms with Gasteiger partial charge >= 0.3 is 6.18 Å². The van der Waals surface area contributed by atoms with Crippen LogP contribution in [0.4, 0.5) is 13.2 Å². The van der Waals surface area contributed by atoms with Crippen molar-refractivity contribution in [3.8, 4) is 0 Å². The minimum absolute atomic E-state index is 0.195. The van der Waals surface area contributed by atoms with Gasteiger partial charge < -0.3 is 10.2 Å². The standard InChI is InChI=1S/C26H43F3O2/c1-22(30)14-15-24(3)18(16-22)7-9-19-20-10-8-17(23(20,2)13-11-21(19)24)6-5-12-25(4,31)26(27,28)29/h17-21,30-31H,5-16H2,1-4H3/t17-,18-,19-,20-,21-,22-,23+,24-,25-/m0/s1. The first kappa shape index (κ1) is 23.9. The van der Waals surface area contributed by atoms with E-state index in [1.807, 2.05) is 6.92 Å². The molecular formula is C26H43F3O2. The summed E-state index contributed by atoms with van der Waals surface area (Å²) in [6.07, 6.45) is 6.75. The topological polar surface area (TPSA) is 40.5 Å². The monoisotopic (exact) mass is 444 g/mol. The lowest BCUT2D eigenvalue weighted by Crippen LogP contribution is -2.55. The average Bonchev–Trinajstić information content (AvgIpc) is 2.98. The Hall–Kier alpha value is -0.290. The highest BCUT2D eigenvalue weighted by Gasteiger charge is 2.60. The van der Waals surface area contributed by atoms with E-state index < -0.39 is 17.4 Å². The van der Waals surface area contributed by atoms with E-state index in [9.17, 15) is 23.4 Å². The molecule has 0 saturated heterocycles. The van der Waals surface area contributed by atoms with Gasteiger partial charge in [-0.3, -0.25) is 0 Å². The molecule has 4 fully saturated rings. The van der Waals surface area contributed by atoms with Gasteiger partial charge in [0.2, 0.25) is 0 Å². The van der Waals surface area contributed by atoms with Crippen LogP contribution in [-0.2, 0) is 0 Å². The Labute approximate surface area is 186 Å². The van der Waals surface area contributed by atoms with Crippen LogP contribution in [0.2, 0.25) is 0 Å². The van der Waals surface area contributed by atoms with Crippen LogP contribution < -0.4 is 0 Å². The maximum atomic E-state index is 13.0. The molecule has 2 nitrogen and oxygen atoms in total. The van der Waals surface area contributed by atoms with Crippen molar-refractivity contribution in [3.63, 3.8) is 0 Å². The van der Waals surface area contributed by atoms with Gasteiger partial charge in [-0.25, -0.2) is 0 Å². The third kappa shape index (κ3) is 3.98. The molecule has 4 aliphatic rings. The van der Waals surface area contributed by atoms with Crippen molar-refractivity contribution >= 4 is 0 Å². The SMILES string of the molecule is C[C@]1(O)CC[C@@]2(C)[C@@H](CC[C@@H]3[C@@H]2CC[C@]2(C)[C@@H](CCC[C@](C)(O)C(F)(F)F)CC[C@@H]32)C1. The summed E-state index contributed by atoms with van der Waals surface area (Å²) in [6.45, 7) is 7.85. The lowest BCUT2D eigenvalue weighted by molar-refractivity contribution is -0.255. The van der Waals surface area contributed by atoms with E-state index in [-0.39, 0.29) is 11.8 Å². The summed E-state index contributed by atoms with van der Waals surface area (Å²) < 4.78 is 39.1. The Morgan fingerprint density at radius 1 is 0.871 bits per heavy atom. The Bertz CT molecular complexity index is 672. The molecule has 9 atom stereocenters. The van der Waals surface area contributed by atoms with Crippen LogP contribution in [0, 0.1) is 40.4 Å². The van der Waals surface area contributed by atoms with E-state index in [1.165, 1.54) is 32.1 Å². The van der Waals surface area contributed by atoms with Gasteiger partial charge in [0.05, 0.1) is 5.60 Å². The second-order valence-electron chi connectivity index (χ2n) is 12.8. The van der Waals surface area contributed by atoms with E-state index in [1.54, 1.807) is 0 Å². The van der Waals surface area contributed by atoms with Gasteiger partial charge in [0.15, 0.2) is 5.60 Å². The molecule has 31 heavy (non-hydrogen) atoms. The average molecular weight is 445 g/mol. The molecule has 0 heterocycles. The summed E-state index contributed by atoms with van der Waals surface area (Å²) in [4.78, 5) is 0. The zero-order chi connectivity index (χ0) is 22.9. The highest BCUT2D eigenvalue weighted by molar-refractivity contribution is 5.10. The summed E-state index contributed by atoms with van der Waals surface area (Å²) >= 11 is 0. The molecule has 5 heteroatoms. The highest BCUT2D eigenvalue weighted by Crippen LogP contribution is 2.68. The summed E-state index contributed by atoms with van der Waals surface area (Å²) in [5.41, 5.74) is -2.49. The number of hydrogen-bond acceptors (Lipinski definition) is 2. The zero-order valence-electron chi connectivity index (χ0n) is 19.9. The molecule has 0 amide bonds. The summed E-state index contributed by atoms with van der Waals surface area (Å²) in [6, 6.07) is 0. The number of alkyl halides is 3. The first-order valence-electron chi connectivity index (χ1n) is 12.7. The maximum absolute atomic E-state index is 13.0. The van der Waals surface area contributed by atoms with Crippen molar-refractivity contribution in [1.82, 2.24) is 0 Å². The van der Waals surface area contributed by atoms with Crippen molar-refractivity contribution in [2.75, 3.05) is 0 Å². The Balaban J connectivity index is 1.42. The van der Waals surface area contributed by atoms with Gasteiger partial charge in [-0.1, -0.05) is 13.8 Å². The maximum Gasteiger partial charge on any atom is 0.416 e. The van der Waals surface area contributed by atoms with Crippen molar-refractivity contribution in [2.45, 2.75) is 122 Å². The quantitative estimate of drug-likeness (QED) is 0.496. The van der Waals surface area contributed by atoms with E-state index in [0.29, 0.717) is 29.6 Å². The fraction of sp³-hybridized carbons (Fsp3) is 1.00. The molecule has 2 N–H and O–H groups in total. The lowest BCUT2D eigenvalue weighted by atomic mass is 9.44. The third-order valence-corrected chi connectivity index (χ3v) is 11.0. The van der Waals surface area contributed by atoms with Gasteiger partial charge in [-0.15, -0.1) is 0 Å². The fourth-order valence-electron chi connectivity index (χ4n) is 8.85. The van der Waals surface area contributed by atoms with Gasteiger partial charge in [-0.2, -0.15) is 13.2 Å². The van der Waals surface area contributed by atoms with E-state index >= 15 is 0 Å². The molecule has 180 valence electrons. The first-order valence-corrected chi connectivity index (χ1v) is 12.7. The van der Waals surface area contributed by atoms with Gasteiger partial charge in [-0.05, 0) is 131 Å². The fourth-order valence-corrected chi connectivity index (χ4v) is 8.85. The molecule has 0 spiro atoms. The largest absolute Gasteiger partial charge is 0.416 e. The Morgan fingerprint density at radius 3 is 2.23 bits per heavy atom. The van der Waals surface area contributed by atoms with Gasteiger partial charge in [0.25, 0.3) is 0 Å². The molecule has 0 unspecified atom stereocenters. The number of halogens is 3. The van der Waals surface area contributed by atoms with Crippen molar-refractivity contribution in [1.29, 1.82) is 0 Å². The van der Waals surface area contributed by atoms with E-state index in [0.717, 1.165) is 50.9 Å². The lowest BCUT2D eigenvalue weighted by Gasteiger charge is -2.62. The number of fused-ring (bicyclic) bond motifs is 5. The van der Waals surface area contributed by atoms with Crippen LogP contribution in [0.25, 0.3) is 0 Å². The number of hydrogen-bond donors (Lipinski definition) is 2. The highest BCUT2D eigenvalue weighted by atomic mass is 19.4. The molecular weight excluding hydrogens is 401 g/mol. The smallest absolute Gasteiger partial charge is 0.390 e. The second kappa shape index (κ2) is 7.61. The molecule has 0 aliphatic heterocycles. The molecule has 4 aliphatic carbocycles. The van der Waals surface area contributed by atoms with Crippen LogP contribution in [0.1, 0.15) is 105 Å². The predicted molar refractivity (Wildman–Crippen MR) is 116 cm³/mol. The molecule has 4 rings (SSSR count). The molecule has 4 saturated carbocycles. The summed E-state index contributed by atoms with van der Waals surface area (Å²) in [5.74, 6) is 3.29. The van der Waals surface area contributed by atoms with Crippen LogP contribution in [0.3, 0.4) is 0 Å². The number of rotatable bonds is 4. The van der Waals surface area contributed by atoms with Crippen LogP contribution in [-0.4, -0.2) is 27.6 Å². The third-order valence-electron chi connectivity index (χ3n) is 11.0. The summed E-state index contributed by atoms with van der Waals surface area (Å²) in [5, 5.41) is 20.5. The van der Waals surface area contributed by atoms with Crippen LogP contribution in [0.15, 0.2) is 0 Å². The van der Waals surface area contributed by atoms with Crippen LogP contribution in [0.5, 0.6) is 0 Å². The Kier molecular flexibility index (Phi) is 5.86. The molecule has 0 aromatic rings. The van der Waals surface area contributed by atoms with E-state index in [2.05, 4.69) is 13.8 Å². The minimum atomic E-state index is -4.55.